The minimum Gasteiger partial charge on any atom is -0.368 e. The van der Waals surface area contributed by atoms with Crippen LogP contribution in [0, 0.1) is 6.92 Å². The standard InChI is InChI=1S/C20H24ClN3O3S/c1-15-8-9-17(21)14-19(15)23-10-12-24(13-11-23)20(25)16(2)22-28(26,27)18-6-4-3-5-7-18/h3-9,14,16,22H,10-13H2,1-2H3/t16-/m0/s1. The average molecular weight is 422 g/mol. The van der Waals surface area contributed by atoms with Crippen LogP contribution in [0.3, 0.4) is 0 Å². The van der Waals surface area contributed by atoms with Gasteiger partial charge in [-0.2, -0.15) is 4.72 Å². The number of benzene rings is 2. The van der Waals surface area contributed by atoms with E-state index < -0.39 is 16.1 Å². The molecule has 0 saturated carbocycles. The number of hydrogen-bond acceptors (Lipinski definition) is 4. The third kappa shape index (κ3) is 4.66. The zero-order valence-corrected chi connectivity index (χ0v) is 17.5. The molecule has 3 rings (SSSR count). The summed E-state index contributed by atoms with van der Waals surface area (Å²) < 4.78 is 27.3. The van der Waals surface area contributed by atoms with E-state index in [2.05, 4.69) is 9.62 Å². The Balaban J connectivity index is 1.61. The topological polar surface area (TPSA) is 69.7 Å². The number of nitrogens with zero attached hydrogens (tertiary/aromatic N) is 2. The van der Waals surface area contributed by atoms with E-state index in [0.717, 1.165) is 11.3 Å². The van der Waals surface area contributed by atoms with Crippen molar-refractivity contribution in [3.8, 4) is 0 Å². The molecule has 150 valence electrons. The molecule has 1 aliphatic heterocycles. The van der Waals surface area contributed by atoms with E-state index in [4.69, 9.17) is 11.6 Å². The molecule has 1 heterocycles. The van der Waals surface area contributed by atoms with Crippen molar-refractivity contribution in [2.24, 2.45) is 0 Å². The van der Waals surface area contributed by atoms with Gasteiger partial charge in [-0.15, -0.1) is 0 Å². The van der Waals surface area contributed by atoms with Crippen LogP contribution < -0.4 is 9.62 Å². The van der Waals surface area contributed by atoms with Crippen LogP contribution in [0.25, 0.3) is 0 Å². The molecule has 0 aromatic heterocycles. The van der Waals surface area contributed by atoms with Crippen LogP contribution in [-0.4, -0.2) is 51.4 Å². The lowest BCUT2D eigenvalue weighted by molar-refractivity contribution is -0.132. The normalized spacial score (nSPS) is 16.1. The smallest absolute Gasteiger partial charge is 0.241 e. The van der Waals surface area contributed by atoms with Gasteiger partial charge in [-0.3, -0.25) is 4.79 Å². The first kappa shape index (κ1) is 20.6. The SMILES string of the molecule is Cc1ccc(Cl)cc1N1CCN(C(=O)[C@H](C)NS(=O)(=O)c2ccccc2)CC1. The Hall–Kier alpha value is -2.09. The van der Waals surface area contributed by atoms with Crippen LogP contribution in [0.15, 0.2) is 53.4 Å². The van der Waals surface area contributed by atoms with E-state index >= 15 is 0 Å². The minimum atomic E-state index is -3.73. The number of carbonyl (C=O) groups excluding carboxylic acids is 1. The number of amides is 1. The monoisotopic (exact) mass is 421 g/mol. The van der Waals surface area contributed by atoms with Gasteiger partial charge >= 0.3 is 0 Å². The van der Waals surface area contributed by atoms with Gasteiger partial charge < -0.3 is 9.80 Å². The maximum Gasteiger partial charge on any atom is 0.241 e. The number of rotatable bonds is 5. The van der Waals surface area contributed by atoms with Crippen LogP contribution in [0.5, 0.6) is 0 Å². The lowest BCUT2D eigenvalue weighted by Gasteiger charge is -2.37. The van der Waals surface area contributed by atoms with E-state index in [-0.39, 0.29) is 10.8 Å². The molecular weight excluding hydrogens is 398 g/mol. The number of hydrogen-bond donors (Lipinski definition) is 1. The van der Waals surface area contributed by atoms with Gasteiger partial charge in [-0.1, -0.05) is 35.9 Å². The van der Waals surface area contributed by atoms with Crippen molar-refractivity contribution in [1.82, 2.24) is 9.62 Å². The molecule has 0 aliphatic carbocycles. The second-order valence-corrected chi connectivity index (χ2v) is 9.05. The molecule has 6 nitrogen and oxygen atoms in total. The van der Waals surface area contributed by atoms with E-state index in [1.165, 1.54) is 12.1 Å². The molecular formula is C20H24ClN3O3S. The summed E-state index contributed by atoms with van der Waals surface area (Å²) >= 11 is 6.11. The molecule has 8 heteroatoms. The highest BCUT2D eigenvalue weighted by molar-refractivity contribution is 7.89. The zero-order chi connectivity index (χ0) is 20.3. The molecule has 0 unspecified atom stereocenters. The number of carbonyl (C=O) groups is 1. The second kappa shape index (κ2) is 8.51. The zero-order valence-electron chi connectivity index (χ0n) is 15.9. The third-order valence-electron chi connectivity index (χ3n) is 4.86. The second-order valence-electron chi connectivity index (χ2n) is 6.90. The summed E-state index contributed by atoms with van der Waals surface area (Å²) in [6.45, 7) is 6.01. The van der Waals surface area contributed by atoms with Gasteiger partial charge in [0.15, 0.2) is 0 Å². The first-order valence-electron chi connectivity index (χ1n) is 9.15. The van der Waals surface area contributed by atoms with E-state index in [1.807, 2.05) is 25.1 Å². The van der Waals surface area contributed by atoms with Gasteiger partial charge in [0.25, 0.3) is 0 Å². The Morgan fingerprint density at radius 1 is 1.07 bits per heavy atom. The molecule has 0 spiro atoms. The minimum absolute atomic E-state index is 0.149. The Labute approximate surface area is 171 Å². The molecule has 1 aliphatic rings. The summed E-state index contributed by atoms with van der Waals surface area (Å²) in [4.78, 5) is 16.8. The molecule has 1 N–H and O–H groups in total. The molecule has 28 heavy (non-hydrogen) atoms. The molecule has 0 bridgehead atoms. The van der Waals surface area contributed by atoms with Crippen molar-refractivity contribution in [2.45, 2.75) is 24.8 Å². The van der Waals surface area contributed by atoms with E-state index in [1.54, 1.807) is 30.0 Å². The van der Waals surface area contributed by atoms with Crippen LogP contribution >= 0.6 is 11.6 Å². The van der Waals surface area contributed by atoms with Gasteiger partial charge in [0.05, 0.1) is 10.9 Å². The largest absolute Gasteiger partial charge is 0.368 e. The fourth-order valence-electron chi connectivity index (χ4n) is 3.32. The fourth-order valence-corrected chi connectivity index (χ4v) is 4.70. The number of nitrogens with one attached hydrogen (secondary N) is 1. The van der Waals surface area contributed by atoms with Crippen molar-refractivity contribution >= 4 is 33.2 Å². The predicted octanol–water partition coefficient (Wildman–Crippen LogP) is 2.66. The van der Waals surface area contributed by atoms with Crippen molar-refractivity contribution < 1.29 is 13.2 Å². The Morgan fingerprint density at radius 2 is 1.71 bits per heavy atom. The van der Waals surface area contributed by atoms with Crippen molar-refractivity contribution in [1.29, 1.82) is 0 Å². The fraction of sp³-hybridized carbons (Fsp3) is 0.350. The number of anilines is 1. The summed E-state index contributed by atoms with van der Waals surface area (Å²) in [5.41, 5.74) is 2.20. The Morgan fingerprint density at radius 3 is 2.36 bits per heavy atom. The maximum atomic E-state index is 12.7. The maximum absolute atomic E-state index is 12.7. The van der Waals surface area contributed by atoms with Crippen LogP contribution in [0.4, 0.5) is 5.69 Å². The van der Waals surface area contributed by atoms with Crippen LogP contribution in [0.1, 0.15) is 12.5 Å². The van der Waals surface area contributed by atoms with E-state index in [0.29, 0.717) is 31.2 Å². The molecule has 0 radical (unpaired) electrons. The quantitative estimate of drug-likeness (QED) is 0.805. The van der Waals surface area contributed by atoms with Gasteiger partial charge in [0, 0.05) is 36.9 Å². The summed E-state index contributed by atoms with van der Waals surface area (Å²) in [5.74, 6) is -0.220. The lowest BCUT2D eigenvalue weighted by atomic mass is 10.1. The van der Waals surface area contributed by atoms with Gasteiger partial charge in [0.1, 0.15) is 0 Å². The Kier molecular flexibility index (Phi) is 6.27. The molecule has 1 saturated heterocycles. The number of sulfonamides is 1. The van der Waals surface area contributed by atoms with Crippen molar-refractivity contribution in [3.05, 3.63) is 59.1 Å². The van der Waals surface area contributed by atoms with Crippen molar-refractivity contribution in [3.63, 3.8) is 0 Å². The summed E-state index contributed by atoms with van der Waals surface area (Å²) in [7, 11) is -3.73. The Bertz CT molecular complexity index is 942. The van der Waals surface area contributed by atoms with Gasteiger partial charge in [-0.25, -0.2) is 8.42 Å². The average Bonchev–Trinajstić information content (AvgIpc) is 2.70. The number of aryl methyl sites for hydroxylation is 1. The highest BCUT2D eigenvalue weighted by atomic mass is 35.5. The summed E-state index contributed by atoms with van der Waals surface area (Å²) in [5, 5.41) is 0.683. The third-order valence-corrected chi connectivity index (χ3v) is 6.65. The molecule has 1 amide bonds. The van der Waals surface area contributed by atoms with Crippen LogP contribution in [-0.2, 0) is 14.8 Å². The molecule has 1 fully saturated rings. The van der Waals surface area contributed by atoms with Crippen LogP contribution in [0.2, 0.25) is 5.02 Å². The van der Waals surface area contributed by atoms with E-state index in [9.17, 15) is 13.2 Å². The highest BCUT2D eigenvalue weighted by Gasteiger charge is 2.28. The predicted molar refractivity (Wildman–Crippen MR) is 111 cm³/mol. The first-order valence-corrected chi connectivity index (χ1v) is 11.0. The highest BCUT2D eigenvalue weighted by Crippen LogP contribution is 2.25. The molecule has 2 aromatic rings. The lowest BCUT2D eigenvalue weighted by Crippen LogP contribution is -2.54. The van der Waals surface area contributed by atoms with Gasteiger partial charge in [0.2, 0.25) is 15.9 Å². The summed E-state index contributed by atoms with van der Waals surface area (Å²) in [6, 6.07) is 13.0. The molecule has 1 atom stereocenters. The van der Waals surface area contributed by atoms with Gasteiger partial charge in [-0.05, 0) is 43.7 Å². The first-order chi connectivity index (χ1) is 13.3. The number of piperazine rings is 1. The van der Waals surface area contributed by atoms with Crippen molar-refractivity contribution in [2.75, 3.05) is 31.1 Å². The number of halogens is 1. The summed E-state index contributed by atoms with van der Waals surface area (Å²) in [6.07, 6.45) is 0. The molecule has 2 aromatic carbocycles.